The van der Waals surface area contributed by atoms with Crippen LogP contribution in [0.15, 0.2) is 146 Å². The SMILES string of the molecule is CC1(C)c2ccccc2-c2c(-c3ccccc3)cc(N3c4ccccc4-c4cccc5cccc(c45)-c4ccncc43)cc21. The topological polar surface area (TPSA) is 16.1 Å². The number of para-hydroxylation sites is 1. The van der Waals surface area contributed by atoms with E-state index in [1.165, 1.54) is 66.4 Å². The Kier molecular flexibility index (Phi) is 5.28. The molecule has 44 heavy (non-hydrogen) atoms. The molecule has 7 aromatic rings. The summed E-state index contributed by atoms with van der Waals surface area (Å²) in [5.74, 6) is 0. The van der Waals surface area contributed by atoms with Gasteiger partial charge in [-0.15, -0.1) is 0 Å². The molecule has 1 aromatic heterocycles. The Morgan fingerprint density at radius 1 is 0.523 bits per heavy atom. The summed E-state index contributed by atoms with van der Waals surface area (Å²) < 4.78 is 0. The van der Waals surface area contributed by atoms with Gasteiger partial charge in [0.2, 0.25) is 0 Å². The lowest BCUT2D eigenvalue weighted by Crippen LogP contribution is -2.18. The Labute approximate surface area is 257 Å². The molecule has 0 fully saturated rings. The largest absolute Gasteiger partial charge is 0.308 e. The standard InChI is InChI=1S/C42H30N2/c1-42(2)36-20-8-6-17-34(36)41-35(27-12-4-3-5-13-27)24-29(25-37(41)42)44-38-21-9-7-16-30(38)32-18-10-14-28-15-11-19-33(40(28)32)31-22-23-43-26-39(31)44/h3-26H,1-2H3. The first-order valence-electron chi connectivity index (χ1n) is 15.3. The van der Waals surface area contributed by atoms with E-state index >= 15 is 0 Å². The first-order valence-corrected chi connectivity index (χ1v) is 15.3. The molecule has 2 heteroatoms. The second-order valence-electron chi connectivity index (χ2n) is 12.4. The highest BCUT2D eigenvalue weighted by atomic mass is 15.2. The predicted molar refractivity (Wildman–Crippen MR) is 184 cm³/mol. The van der Waals surface area contributed by atoms with Crippen molar-refractivity contribution < 1.29 is 0 Å². The quantitative estimate of drug-likeness (QED) is 0.208. The van der Waals surface area contributed by atoms with Gasteiger partial charge in [0.1, 0.15) is 0 Å². The van der Waals surface area contributed by atoms with Crippen LogP contribution < -0.4 is 4.90 Å². The molecule has 2 nitrogen and oxygen atoms in total. The van der Waals surface area contributed by atoms with E-state index in [0.717, 1.165) is 17.1 Å². The van der Waals surface area contributed by atoms with E-state index in [1.54, 1.807) is 0 Å². The van der Waals surface area contributed by atoms with Gasteiger partial charge in [0.25, 0.3) is 0 Å². The number of hydrogen-bond acceptors (Lipinski definition) is 2. The van der Waals surface area contributed by atoms with Crippen LogP contribution in [0.25, 0.3) is 55.3 Å². The molecule has 0 saturated heterocycles. The number of nitrogens with zero attached hydrogens (tertiary/aromatic N) is 2. The maximum Gasteiger partial charge on any atom is 0.0723 e. The molecule has 2 aliphatic rings. The van der Waals surface area contributed by atoms with Crippen molar-refractivity contribution in [1.29, 1.82) is 0 Å². The Morgan fingerprint density at radius 2 is 1.18 bits per heavy atom. The van der Waals surface area contributed by atoms with Crippen LogP contribution in [0.2, 0.25) is 0 Å². The number of hydrogen-bond donors (Lipinski definition) is 0. The molecule has 0 unspecified atom stereocenters. The number of anilines is 3. The minimum atomic E-state index is -0.149. The van der Waals surface area contributed by atoms with Gasteiger partial charge in [0, 0.05) is 28.4 Å². The number of pyridine rings is 1. The Hall–Kier alpha value is -5.47. The fourth-order valence-electron chi connectivity index (χ4n) is 7.66. The number of aromatic nitrogens is 1. The molecular weight excluding hydrogens is 532 g/mol. The molecule has 0 N–H and O–H groups in total. The van der Waals surface area contributed by atoms with E-state index in [2.05, 4.69) is 152 Å². The minimum Gasteiger partial charge on any atom is -0.308 e. The Bertz CT molecular complexity index is 2180. The zero-order valence-electron chi connectivity index (χ0n) is 24.8. The first kappa shape index (κ1) is 25.1. The average molecular weight is 563 g/mol. The predicted octanol–water partition coefficient (Wildman–Crippen LogP) is 11.3. The van der Waals surface area contributed by atoms with Crippen molar-refractivity contribution in [1.82, 2.24) is 4.98 Å². The summed E-state index contributed by atoms with van der Waals surface area (Å²) in [5, 5.41) is 2.53. The van der Waals surface area contributed by atoms with Gasteiger partial charge in [0.15, 0.2) is 0 Å². The van der Waals surface area contributed by atoms with Crippen LogP contribution in [0, 0.1) is 0 Å². The summed E-state index contributed by atoms with van der Waals surface area (Å²) in [7, 11) is 0. The van der Waals surface area contributed by atoms with Gasteiger partial charge in [-0.3, -0.25) is 4.98 Å². The van der Waals surface area contributed by atoms with Crippen molar-refractivity contribution in [3.8, 4) is 44.5 Å². The summed E-state index contributed by atoms with van der Waals surface area (Å²) in [6, 6.07) is 48.9. The monoisotopic (exact) mass is 562 g/mol. The Morgan fingerprint density at radius 3 is 1.98 bits per heavy atom. The molecule has 0 bridgehead atoms. The van der Waals surface area contributed by atoms with Gasteiger partial charge in [-0.1, -0.05) is 123 Å². The third kappa shape index (κ3) is 3.46. The van der Waals surface area contributed by atoms with Crippen molar-refractivity contribution >= 4 is 27.8 Å². The molecule has 0 amide bonds. The molecule has 0 spiro atoms. The molecular formula is C42H30N2. The highest BCUT2D eigenvalue weighted by Crippen LogP contribution is 2.56. The van der Waals surface area contributed by atoms with Gasteiger partial charge in [-0.05, 0) is 79.5 Å². The number of fused-ring (bicyclic) bond motifs is 7. The second-order valence-corrected chi connectivity index (χ2v) is 12.4. The van der Waals surface area contributed by atoms with Gasteiger partial charge in [-0.25, -0.2) is 0 Å². The maximum absolute atomic E-state index is 4.71. The molecule has 1 aliphatic heterocycles. The molecule has 0 radical (unpaired) electrons. The first-order chi connectivity index (χ1) is 21.6. The molecule has 1 aliphatic carbocycles. The van der Waals surface area contributed by atoms with Crippen molar-refractivity contribution in [2.45, 2.75) is 19.3 Å². The van der Waals surface area contributed by atoms with E-state index in [4.69, 9.17) is 4.98 Å². The number of rotatable bonds is 2. The normalized spacial score (nSPS) is 13.8. The summed E-state index contributed by atoms with van der Waals surface area (Å²) in [6.07, 6.45) is 3.96. The highest BCUT2D eigenvalue weighted by molar-refractivity contribution is 6.12. The lowest BCUT2D eigenvalue weighted by molar-refractivity contribution is 0.660. The lowest BCUT2D eigenvalue weighted by atomic mass is 9.81. The molecule has 9 rings (SSSR count). The summed E-state index contributed by atoms with van der Waals surface area (Å²) >= 11 is 0. The summed E-state index contributed by atoms with van der Waals surface area (Å²) in [5.41, 5.74) is 15.9. The molecule has 0 atom stereocenters. The third-order valence-electron chi connectivity index (χ3n) is 9.68. The second kappa shape index (κ2) is 9.26. The van der Waals surface area contributed by atoms with Crippen LogP contribution in [-0.2, 0) is 5.41 Å². The molecule has 0 saturated carbocycles. The van der Waals surface area contributed by atoms with Crippen LogP contribution >= 0.6 is 0 Å². The van der Waals surface area contributed by atoms with E-state index in [-0.39, 0.29) is 5.41 Å². The zero-order chi connectivity index (χ0) is 29.4. The van der Waals surface area contributed by atoms with Gasteiger partial charge < -0.3 is 4.90 Å². The van der Waals surface area contributed by atoms with Crippen LogP contribution in [0.5, 0.6) is 0 Å². The van der Waals surface area contributed by atoms with E-state index in [1.807, 2.05) is 12.4 Å². The van der Waals surface area contributed by atoms with Crippen molar-refractivity contribution in [2.75, 3.05) is 4.90 Å². The van der Waals surface area contributed by atoms with Crippen molar-refractivity contribution in [2.24, 2.45) is 0 Å². The average Bonchev–Trinajstić information content (AvgIpc) is 3.30. The van der Waals surface area contributed by atoms with E-state index < -0.39 is 0 Å². The molecule has 2 heterocycles. The fourth-order valence-corrected chi connectivity index (χ4v) is 7.66. The van der Waals surface area contributed by atoms with Gasteiger partial charge in [-0.2, -0.15) is 0 Å². The van der Waals surface area contributed by atoms with Gasteiger partial charge in [0.05, 0.1) is 17.6 Å². The van der Waals surface area contributed by atoms with E-state index in [9.17, 15) is 0 Å². The lowest BCUT2D eigenvalue weighted by Gasteiger charge is -2.33. The summed E-state index contributed by atoms with van der Waals surface area (Å²) in [6.45, 7) is 4.73. The highest BCUT2D eigenvalue weighted by Gasteiger charge is 2.38. The van der Waals surface area contributed by atoms with Gasteiger partial charge >= 0.3 is 0 Å². The van der Waals surface area contributed by atoms with E-state index in [0.29, 0.717) is 0 Å². The Balaban J connectivity index is 1.41. The zero-order valence-corrected chi connectivity index (χ0v) is 24.8. The fraction of sp³-hybridized carbons (Fsp3) is 0.0714. The van der Waals surface area contributed by atoms with Crippen LogP contribution in [0.4, 0.5) is 17.1 Å². The third-order valence-corrected chi connectivity index (χ3v) is 9.68. The van der Waals surface area contributed by atoms with Crippen molar-refractivity contribution in [3.05, 3.63) is 157 Å². The maximum atomic E-state index is 4.71. The van der Waals surface area contributed by atoms with Crippen molar-refractivity contribution in [3.63, 3.8) is 0 Å². The minimum absolute atomic E-state index is 0.149. The number of benzene rings is 6. The van der Waals surface area contributed by atoms with Crippen LogP contribution in [-0.4, -0.2) is 4.98 Å². The van der Waals surface area contributed by atoms with Crippen LogP contribution in [0.3, 0.4) is 0 Å². The smallest absolute Gasteiger partial charge is 0.0723 e. The molecule has 208 valence electrons. The molecule has 6 aromatic carbocycles. The summed E-state index contributed by atoms with van der Waals surface area (Å²) in [4.78, 5) is 7.15. The van der Waals surface area contributed by atoms with Crippen LogP contribution in [0.1, 0.15) is 25.0 Å².